The van der Waals surface area contributed by atoms with E-state index in [0.717, 1.165) is 71.6 Å². The summed E-state index contributed by atoms with van der Waals surface area (Å²) in [5.41, 5.74) is 2.59. The molecule has 1 amide bonds. The molecule has 1 atom stereocenters. The van der Waals surface area contributed by atoms with E-state index in [-0.39, 0.29) is 10.8 Å². The Labute approximate surface area is 183 Å². The molecular formula is C24H32N4OS. The zero-order valence-electron chi connectivity index (χ0n) is 17.9. The van der Waals surface area contributed by atoms with Gasteiger partial charge in [-0.2, -0.15) is 11.3 Å². The molecular weight excluding hydrogens is 392 g/mol. The minimum Gasteiger partial charge on any atom is -0.342 e. The molecule has 3 aliphatic heterocycles. The number of rotatable bonds is 5. The monoisotopic (exact) mass is 424 g/mol. The summed E-state index contributed by atoms with van der Waals surface area (Å²) in [4.78, 5) is 25.2. The number of piperidine rings is 1. The fourth-order valence-corrected chi connectivity index (χ4v) is 6.90. The molecule has 3 aliphatic rings. The first-order valence-corrected chi connectivity index (χ1v) is 12.2. The minimum atomic E-state index is -0.195. The molecule has 3 saturated heterocycles. The van der Waals surface area contributed by atoms with Crippen LogP contribution in [0.2, 0.25) is 0 Å². The Balaban J connectivity index is 1.36. The number of carbonyl (C=O) groups excluding carboxylic acids is 1. The summed E-state index contributed by atoms with van der Waals surface area (Å²) in [6.45, 7) is 9.96. The Kier molecular flexibility index (Phi) is 5.42. The molecule has 2 aromatic rings. The molecule has 5 nitrogen and oxygen atoms in total. The summed E-state index contributed by atoms with van der Waals surface area (Å²) in [6, 6.07) is 6.41. The number of likely N-dealkylation sites (tertiary alicyclic amines) is 3. The van der Waals surface area contributed by atoms with Crippen LogP contribution in [0, 0.1) is 10.8 Å². The molecule has 0 radical (unpaired) electrons. The summed E-state index contributed by atoms with van der Waals surface area (Å²) < 4.78 is 0. The number of nitrogens with zero attached hydrogens (tertiary/aromatic N) is 4. The highest BCUT2D eigenvalue weighted by Gasteiger charge is 2.64. The van der Waals surface area contributed by atoms with Gasteiger partial charge in [0.1, 0.15) is 0 Å². The third-order valence-electron chi connectivity index (χ3n) is 7.85. The molecule has 0 aromatic carbocycles. The SMILES string of the molecule is CCN1CC[C@]2(CN(Cc3cccnc3)CC23CCN(Cc2ccsc2)CC3)C1=O. The second kappa shape index (κ2) is 8.06. The number of thiophene rings is 1. The van der Waals surface area contributed by atoms with Crippen molar-refractivity contribution in [3.05, 3.63) is 52.5 Å². The molecule has 0 aliphatic carbocycles. The van der Waals surface area contributed by atoms with Crippen LogP contribution in [0.5, 0.6) is 0 Å². The Bertz CT molecular complexity index is 863. The predicted molar refractivity (Wildman–Crippen MR) is 120 cm³/mol. The Hall–Kier alpha value is -1.76. The lowest BCUT2D eigenvalue weighted by Gasteiger charge is -2.47. The van der Waals surface area contributed by atoms with Crippen molar-refractivity contribution in [1.29, 1.82) is 0 Å². The van der Waals surface area contributed by atoms with Gasteiger partial charge in [-0.25, -0.2) is 0 Å². The van der Waals surface area contributed by atoms with Gasteiger partial charge in [-0.05, 0) is 73.3 Å². The fraction of sp³-hybridized carbons (Fsp3) is 0.583. The standard InChI is InChI=1S/C24H32N4OS/c1-2-28-12-8-24(22(28)29)19-27(15-20-4-3-9-25-14-20)18-23(24)6-10-26(11-7-23)16-21-5-13-30-17-21/h3-5,9,13-14,17H,2,6-8,10-12,15-16,18-19H2,1H3/t24-/m0/s1. The first kappa shape index (κ1) is 20.2. The topological polar surface area (TPSA) is 39.7 Å². The average Bonchev–Trinajstić information content (AvgIpc) is 3.46. The van der Waals surface area contributed by atoms with Crippen LogP contribution in [-0.2, 0) is 17.9 Å². The molecule has 30 heavy (non-hydrogen) atoms. The zero-order valence-corrected chi connectivity index (χ0v) is 18.7. The van der Waals surface area contributed by atoms with Crippen molar-refractivity contribution >= 4 is 17.2 Å². The van der Waals surface area contributed by atoms with E-state index in [4.69, 9.17) is 0 Å². The van der Waals surface area contributed by atoms with Gasteiger partial charge in [-0.1, -0.05) is 6.07 Å². The first-order valence-electron chi connectivity index (χ1n) is 11.3. The van der Waals surface area contributed by atoms with Crippen molar-refractivity contribution in [2.45, 2.75) is 39.3 Å². The van der Waals surface area contributed by atoms with Crippen LogP contribution >= 0.6 is 11.3 Å². The molecule has 0 unspecified atom stereocenters. The molecule has 6 heteroatoms. The molecule has 3 fully saturated rings. The van der Waals surface area contributed by atoms with Gasteiger partial charge in [-0.15, -0.1) is 0 Å². The number of hydrogen-bond donors (Lipinski definition) is 0. The van der Waals surface area contributed by atoms with E-state index in [9.17, 15) is 4.79 Å². The van der Waals surface area contributed by atoms with E-state index >= 15 is 0 Å². The summed E-state index contributed by atoms with van der Waals surface area (Å²) in [5, 5.41) is 4.43. The van der Waals surface area contributed by atoms with Gasteiger partial charge in [-0.3, -0.25) is 19.6 Å². The number of amides is 1. The second-order valence-electron chi connectivity index (χ2n) is 9.41. The molecule has 160 valence electrons. The predicted octanol–water partition coefficient (Wildman–Crippen LogP) is 3.48. The third-order valence-corrected chi connectivity index (χ3v) is 8.58. The lowest BCUT2D eigenvalue weighted by atomic mass is 9.60. The maximum atomic E-state index is 13.6. The quantitative estimate of drug-likeness (QED) is 0.737. The summed E-state index contributed by atoms with van der Waals surface area (Å²) in [6.07, 6.45) is 7.08. The highest BCUT2D eigenvalue weighted by molar-refractivity contribution is 7.07. The van der Waals surface area contributed by atoms with Gasteiger partial charge in [0.25, 0.3) is 0 Å². The Morgan fingerprint density at radius 1 is 1.03 bits per heavy atom. The number of hydrogen-bond acceptors (Lipinski definition) is 5. The molecule has 2 spiro atoms. The summed E-state index contributed by atoms with van der Waals surface area (Å²) >= 11 is 1.78. The van der Waals surface area contributed by atoms with Crippen LogP contribution in [0.1, 0.15) is 37.3 Å². The third kappa shape index (κ3) is 3.39. The number of aromatic nitrogens is 1. The van der Waals surface area contributed by atoms with Crippen molar-refractivity contribution in [2.24, 2.45) is 10.8 Å². The van der Waals surface area contributed by atoms with E-state index < -0.39 is 0 Å². The molecule has 2 aromatic heterocycles. The fourth-order valence-electron chi connectivity index (χ4n) is 6.24. The minimum absolute atomic E-state index is 0.112. The van der Waals surface area contributed by atoms with E-state index in [1.54, 1.807) is 11.3 Å². The van der Waals surface area contributed by atoms with E-state index in [0.29, 0.717) is 5.91 Å². The highest BCUT2D eigenvalue weighted by atomic mass is 32.1. The van der Waals surface area contributed by atoms with Gasteiger partial charge < -0.3 is 4.90 Å². The zero-order chi connectivity index (χ0) is 20.6. The van der Waals surface area contributed by atoms with E-state index in [2.05, 4.69) is 49.5 Å². The van der Waals surface area contributed by atoms with Crippen LogP contribution in [0.4, 0.5) is 0 Å². The number of pyridine rings is 1. The van der Waals surface area contributed by atoms with Gasteiger partial charge >= 0.3 is 0 Å². The van der Waals surface area contributed by atoms with Crippen molar-refractivity contribution in [3.8, 4) is 0 Å². The largest absolute Gasteiger partial charge is 0.342 e. The van der Waals surface area contributed by atoms with Crippen LogP contribution in [0.15, 0.2) is 41.4 Å². The molecule has 5 heterocycles. The number of fused-ring (bicyclic) bond motifs is 1. The van der Waals surface area contributed by atoms with Crippen molar-refractivity contribution in [3.63, 3.8) is 0 Å². The Morgan fingerprint density at radius 2 is 1.87 bits per heavy atom. The van der Waals surface area contributed by atoms with Crippen LogP contribution in [-0.4, -0.2) is 64.9 Å². The van der Waals surface area contributed by atoms with Crippen LogP contribution in [0.25, 0.3) is 0 Å². The van der Waals surface area contributed by atoms with Crippen LogP contribution < -0.4 is 0 Å². The van der Waals surface area contributed by atoms with E-state index in [1.165, 1.54) is 11.1 Å². The average molecular weight is 425 g/mol. The smallest absolute Gasteiger partial charge is 0.230 e. The highest BCUT2D eigenvalue weighted by Crippen LogP contribution is 2.58. The maximum Gasteiger partial charge on any atom is 0.230 e. The van der Waals surface area contributed by atoms with Crippen molar-refractivity contribution < 1.29 is 4.79 Å². The van der Waals surface area contributed by atoms with Crippen molar-refractivity contribution in [2.75, 3.05) is 39.3 Å². The molecule has 0 N–H and O–H groups in total. The lowest BCUT2D eigenvalue weighted by molar-refractivity contribution is -0.142. The normalized spacial score (nSPS) is 27.0. The van der Waals surface area contributed by atoms with Gasteiger partial charge in [0, 0.05) is 57.1 Å². The second-order valence-corrected chi connectivity index (χ2v) is 10.2. The molecule has 5 rings (SSSR count). The lowest BCUT2D eigenvalue weighted by Crippen LogP contribution is -2.52. The molecule has 0 saturated carbocycles. The van der Waals surface area contributed by atoms with Gasteiger partial charge in [0.2, 0.25) is 5.91 Å². The van der Waals surface area contributed by atoms with E-state index in [1.807, 2.05) is 18.5 Å². The number of carbonyl (C=O) groups is 1. The van der Waals surface area contributed by atoms with Crippen molar-refractivity contribution in [1.82, 2.24) is 19.7 Å². The Morgan fingerprint density at radius 3 is 2.53 bits per heavy atom. The summed E-state index contributed by atoms with van der Waals surface area (Å²) in [7, 11) is 0. The van der Waals surface area contributed by atoms with Gasteiger partial charge in [0.15, 0.2) is 0 Å². The summed E-state index contributed by atoms with van der Waals surface area (Å²) in [5.74, 6) is 0.421. The van der Waals surface area contributed by atoms with Crippen LogP contribution in [0.3, 0.4) is 0 Å². The maximum absolute atomic E-state index is 13.6. The first-order chi connectivity index (χ1) is 14.6. The molecule has 0 bridgehead atoms. The van der Waals surface area contributed by atoms with Gasteiger partial charge in [0.05, 0.1) is 5.41 Å².